The highest BCUT2D eigenvalue weighted by Gasteiger charge is 2.14. The van der Waals surface area contributed by atoms with Gasteiger partial charge in [-0.25, -0.2) is 4.98 Å². The Kier molecular flexibility index (Phi) is 4.40. The van der Waals surface area contributed by atoms with Gasteiger partial charge in [0.2, 0.25) is 0 Å². The highest BCUT2D eigenvalue weighted by molar-refractivity contribution is 6.01. The molecule has 0 spiro atoms. The fraction of sp³-hybridized carbons (Fsp3) is 0.333. The third-order valence-electron chi connectivity index (χ3n) is 3.14. The van der Waals surface area contributed by atoms with Crippen molar-refractivity contribution >= 4 is 11.5 Å². The molecule has 1 heterocycles. The zero-order valence-electron chi connectivity index (χ0n) is 11.8. The number of carbonyl (C=O) groups excluding carboxylic acids is 1. The lowest BCUT2D eigenvalue weighted by Gasteiger charge is -2.08. The fourth-order valence-electron chi connectivity index (χ4n) is 2.11. The van der Waals surface area contributed by atoms with Crippen molar-refractivity contribution in [3.05, 3.63) is 42.0 Å². The van der Waals surface area contributed by atoms with Crippen LogP contribution >= 0.6 is 0 Å². The number of nitrogens with zero attached hydrogens (tertiary/aromatic N) is 2. The maximum Gasteiger partial charge on any atom is 0.172 e. The van der Waals surface area contributed by atoms with Crippen LogP contribution < -0.4 is 10.5 Å². The maximum absolute atomic E-state index is 12.3. The van der Waals surface area contributed by atoms with Crippen molar-refractivity contribution in [1.29, 1.82) is 0 Å². The number of nitrogen functional groups attached to an aromatic ring is 1. The molecule has 0 amide bonds. The minimum absolute atomic E-state index is 0.0336. The van der Waals surface area contributed by atoms with E-state index >= 15 is 0 Å². The molecule has 0 saturated heterocycles. The molecule has 0 fully saturated rings. The Balaban J connectivity index is 2.17. The van der Waals surface area contributed by atoms with Gasteiger partial charge >= 0.3 is 0 Å². The van der Waals surface area contributed by atoms with Crippen LogP contribution in [0.3, 0.4) is 0 Å². The number of ketones is 1. The summed E-state index contributed by atoms with van der Waals surface area (Å²) in [5, 5.41) is 0. The summed E-state index contributed by atoms with van der Waals surface area (Å²) in [7, 11) is 1.57. The molecule has 1 aromatic carbocycles. The van der Waals surface area contributed by atoms with E-state index in [4.69, 9.17) is 10.5 Å². The van der Waals surface area contributed by atoms with Crippen LogP contribution in [0.2, 0.25) is 0 Å². The number of aryl methyl sites for hydroxylation is 1. The van der Waals surface area contributed by atoms with Crippen LogP contribution in [0.1, 0.15) is 29.5 Å². The van der Waals surface area contributed by atoms with E-state index in [2.05, 4.69) is 11.9 Å². The van der Waals surface area contributed by atoms with E-state index in [1.165, 1.54) is 0 Å². The number of ether oxygens (including phenoxy) is 1. The molecule has 0 aliphatic rings. The SMILES string of the molecule is CCCn1ccnc1CC(=O)c1ccc(OC)cc1N. The van der Waals surface area contributed by atoms with E-state index in [1.807, 2.05) is 10.8 Å². The van der Waals surface area contributed by atoms with E-state index in [9.17, 15) is 4.79 Å². The zero-order valence-corrected chi connectivity index (χ0v) is 11.8. The zero-order chi connectivity index (χ0) is 14.5. The third kappa shape index (κ3) is 2.99. The Morgan fingerprint density at radius 1 is 1.45 bits per heavy atom. The third-order valence-corrected chi connectivity index (χ3v) is 3.14. The summed E-state index contributed by atoms with van der Waals surface area (Å²) in [5.41, 5.74) is 6.84. The van der Waals surface area contributed by atoms with Crippen LogP contribution in [0, 0.1) is 0 Å². The molecule has 0 aliphatic carbocycles. The average molecular weight is 273 g/mol. The minimum Gasteiger partial charge on any atom is -0.497 e. The number of carbonyl (C=O) groups is 1. The lowest BCUT2D eigenvalue weighted by atomic mass is 10.1. The molecule has 0 aliphatic heterocycles. The highest BCUT2D eigenvalue weighted by Crippen LogP contribution is 2.21. The quantitative estimate of drug-likeness (QED) is 0.647. The van der Waals surface area contributed by atoms with Gasteiger partial charge in [0.15, 0.2) is 5.78 Å². The fourth-order valence-corrected chi connectivity index (χ4v) is 2.11. The monoisotopic (exact) mass is 273 g/mol. The highest BCUT2D eigenvalue weighted by atomic mass is 16.5. The second kappa shape index (κ2) is 6.23. The molecule has 20 heavy (non-hydrogen) atoms. The first-order chi connectivity index (χ1) is 9.65. The molecule has 0 bridgehead atoms. The summed E-state index contributed by atoms with van der Waals surface area (Å²) >= 11 is 0. The second-order valence-electron chi connectivity index (χ2n) is 4.59. The van der Waals surface area contributed by atoms with Crippen molar-refractivity contribution in [2.24, 2.45) is 0 Å². The van der Waals surface area contributed by atoms with Crippen molar-refractivity contribution in [3.8, 4) is 5.75 Å². The molecule has 106 valence electrons. The summed E-state index contributed by atoms with van der Waals surface area (Å²) in [6.45, 7) is 2.95. The number of methoxy groups -OCH3 is 1. The minimum atomic E-state index is -0.0336. The number of nitrogens with two attached hydrogens (primary N) is 1. The Labute approximate surface area is 118 Å². The average Bonchev–Trinajstić information content (AvgIpc) is 2.86. The molecule has 0 saturated carbocycles. The summed E-state index contributed by atoms with van der Waals surface area (Å²) in [4.78, 5) is 16.6. The van der Waals surface area contributed by atoms with Gasteiger partial charge in [-0.05, 0) is 18.6 Å². The van der Waals surface area contributed by atoms with E-state index < -0.39 is 0 Å². The largest absolute Gasteiger partial charge is 0.497 e. The van der Waals surface area contributed by atoms with Gasteiger partial charge in [-0.15, -0.1) is 0 Å². The number of Topliss-reactive ketones (excluding diaryl/α,β-unsaturated/α-hetero) is 1. The molecule has 5 nitrogen and oxygen atoms in total. The number of hydrogen-bond acceptors (Lipinski definition) is 4. The Hall–Kier alpha value is -2.30. The van der Waals surface area contributed by atoms with Gasteiger partial charge in [-0.3, -0.25) is 4.79 Å². The molecule has 0 unspecified atom stereocenters. The number of aromatic nitrogens is 2. The first-order valence-corrected chi connectivity index (χ1v) is 6.62. The predicted molar refractivity (Wildman–Crippen MR) is 78.0 cm³/mol. The molecule has 5 heteroatoms. The van der Waals surface area contributed by atoms with Gasteiger partial charge in [0.05, 0.1) is 13.5 Å². The second-order valence-corrected chi connectivity index (χ2v) is 4.59. The van der Waals surface area contributed by atoms with Crippen molar-refractivity contribution in [2.75, 3.05) is 12.8 Å². The molecule has 2 N–H and O–H groups in total. The van der Waals surface area contributed by atoms with Crippen LogP contribution in [-0.2, 0) is 13.0 Å². The first-order valence-electron chi connectivity index (χ1n) is 6.62. The van der Waals surface area contributed by atoms with Gasteiger partial charge < -0.3 is 15.0 Å². The predicted octanol–water partition coefficient (Wildman–Crippen LogP) is 2.31. The Morgan fingerprint density at radius 3 is 2.90 bits per heavy atom. The number of anilines is 1. The van der Waals surface area contributed by atoms with E-state index in [-0.39, 0.29) is 12.2 Å². The molecule has 2 aromatic rings. The van der Waals surface area contributed by atoms with Gasteiger partial charge in [-0.2, -0.15) is 0 Å². The topological polar surface area (TPSA) is 70.1 Å². The van der Waals surface area contributed by atoms with Crippen LogP contribution in [0.15, 0.2) is 30.6 Å². The molecule has 1 aromatic heterocycles. The lowest BCUT2D eigenvalue weighted by Crippen LogP contribution is -2.12. The number of hydrogen-bond donors (Lipinski definition) is 1. The standard InChI is InChI=1S/C15H19N3O2/c1-3-7-18-8-6-17-15(18)10-14(19)12-5-4-11(20-2)9-13(12)16/h4-6,8-9H,3,7,10,16H2,1-2H3. The molecular formula is C15H19N3O2. The van der Waals surface area contributed by atoms with Crippen LogP contribution in [0.25, 0.3) is 0 Å². The summed E-state index contributed by atoms with van der Waals surface area (Å²) in [6.07, 6.45) is 4.87. The number of imidazole rings is 1. The normalized spacial score (nSPS) is 10.5. The van der Waals surface area contributed by atoms with Gasteiger partial charge in [0, 0.05) is 36.3 Å². The lowest BCUT2D eigenvalue weighted by molar-refractivity contribution is 0.0990. The van der Waals surface area contributed by atoms with Gasteiger partial charge in [0.1, 0.15) is 11.6 Å². The molecule has 0 atom stereocenters. The smallest absolute Gasteiger partial charge is 0.172 e. The Morgan fingerprint density at radius 2 is 2.25 bits per heavy atom. The van der Waals surface area contributed by atoms with Crippen molar-refractivity contribution in [3.63, 3.8) is 0 Å². The summed E-state index contributed by atoms with van der Waals surface area (Å²) in [5.74, 6) is 1.38. The maximum atomic E-state index is 12.3. The first kappa shape index (κ1) is 14.1. The van der Waals surface area contributed by atoms with Crippen LogP contribution in [0.4, 0.5) is 5.69 Å². The van der Waals surface area contributed by atoms with E-state index in [0.717, 1.165) is 18.8 Å². The van der Waals surface area contributed by atoms with Crippen LogP contribution in [0.5, 0.6) is 5.75 Å². The van der Waals surface area contributed by atoms with Crippen molar-refractivity contribution in [1.82, 2.24) is 9.55 Å². The number of benzene rings is 1. The van der Waals surface area contributed by atoms with Gasteiger partial charge in [-0.1, -0.05) is 6.92 Å². The summed E-state index contributed by atoms with van der Waals surface area (Å²) in [6, 6.07) is 5.09. The number of rotatable bonds is 6. The summed E-state index contributed by atoms with van der Waals surface area (Å²) < 4.78 is 7.08. The molecule has 2 rings (SSSR count). The Bertz CT molecular complexity index is 605. The molecule has 0 radical (unpaired) electrons. The molecular weight excluding hydrogens is 254 g/mol. The van der Waals surface area contributed by atoms with Crippen molar-refractivity contribution in [2.45, 2.75) is 26.3 Å². The van der Waals surface area contributed by atoms with E-state index in [0.29, 0.717) is 17.0 Å². The van der Waals surface area contributed by atoms with Gasteiger partial charge in [0.25, 0.3) is 0 Å². The van der Waals surface area contributed by atoms with Crippen molar-refractivity contribution < 1.29 is 9.53 Å². The van der Waals surface area contributed by atoms with Crippen LogP contribution in [-0.4, -0.2) is 22.4 Å². The van der Waals surface area contributed by atoms with E-state index in [1.54, 1.807) is 31.5 Å².